The maximum Gasteiger partial charge on any atom is 0.233 e. The Morgan fingerprint density at radius 1 is 0.792 bits per heavy atom. The second-order valence-electron chi connectivity index (χ2n) is 5.89. The van der Waals surface area contributed by atoms with Crippen LogP contribution in [-0.4, -0.2) is 16.8 Å². The van der Waals surface area contributed by atoms with E-state index in [-0.39, 0.29) is 0 Å². The van der Waals surface area contributed by atoms with Crippen molar-refractivity contribution in [3.05, 3.63) is 77.4 Å². The molecule has 0 spiro atoms. The van der Waals surface area contributed by atoms with Gasteiger partial charge in [-0.1, -0.05) is 61.0 Å². The minimum Gasteiger partial charge on any atom is -0.476 e. The van der Waals surface area contributed by atoms with E-state index in [0.717, 1.165) is 24.1 Å². The number of aromatic nitrogens is 2. The third kappa shape index (κ3) is 4.19. The standard InChI is InChI=1S/C21H22N2O/c1-3-17-6-8-18(9-7-17)14-15-24-21-13-12-20(22-23-21)19-10-4-16(2)5-11-19/h4-13H,3,14-15H2,1-2H3. The van der Waals surface area contributed by atoms with Crippen molar-refractivity contribution in [1.82, 2.24) is 10.2 Å². The molecule has 24 heavy (non-hydrogen) atoms. The maximum absolute atomic E-state index is 5.70. The number of benzene rings is 2. The fraction of sp³-hybridized carbons (Fsp3) is 0.238. The van der Waals surface area contributed by atoms with E-state index in [1.54, 1.807) is 0 Å². The van der Waals surface area contributed by atoms with Gasteiger partial charge in [-0.2, -0.15) is 0 Å². The lowest BCUT2D eigenvalue weighted by atomic mass is 10.1. The third-order valence-electron chi connectivity index (χ3n) is 4.06. The van der Waals surface area contributed by atoms with Crippen LogP contribution in [0.1, 0.15) is 23.6 Å². The molecule has 0 amide bonds. The van der Waals surface area contributed by atoms with Crippen molar-refractivity contribution in [2.24, 2.45) is 0 Å². The Bertz CT molecular complexity index is 762. The van der Waals surface area contributed by atoms with Gasteiger partial charge in [0.25, 0.3) is 0 Å². The van der Waals surface area contributed by atoms with Gasteiger partial charge >= 0.3 is 0 Å². The average molecular weight is 318 g/mol. The molecule has 0 unspecified atom stereocenters. The molecule has 0 saturated heterocycles. The second kappa shape index (κ2) is 7.73. The smallest absolute Gasteiger partial charge is 0.233 e. The molecule has 0 bridgehead atoms. The van der Waals surface area contributed by atoms with Crippen molar-refractivity contribution in [1.29, 1.82) is 0 Å². The van der Waals surface area contributed by atoms with Crippen molar-refractivity contribution in [3.63, 3.8) is 0 Å². The van der Waals surface area contributed by atoms with E-state index in [0.29, 0.717) is 12.5 Å². The molecule has 3 rings (SSSR count). The van der Waals surface area contributed by atoms with Crippen LogP contribution in [0.5, 0.6) is 5.88 Å². The van der Waals surface area contributed by atoms with E-state index in [1.165, 1.54) is 16.7 Å². The molecule has 0 aliphatic rings. The molecule has 0 saturated carbocycles. The van der Waals surface area contributed by atoms with Crippen LogP contribution in [0.2, 0.25) is 0 Å². The van der Waals surface area contributed by atoms with Gasteiger partial charge in [0, 0.05) is 18.1 Å². The number of rotatable bonds is 6. The molecular weight excluding hydrogens is 296 g/mol. The van der Waals surface area contributed by atoms with Gasteiger partial charge in [-0.05, 0) is 30.5 Å². The average Bonchev–Trinajstić information content (AvgIpc) is 2.64. The van der Waals surface area contributed by atoms with Crippen LogP contribution in [0.3, 0.4) is 0 Å². The highest BCUT2D eigenvalue weighted by Gasteiger charge is 2.02. The first-order chi connectivity index (χ1) is 11.7. The van der Waals surface area contributed by atoms with Gasteiger partial charge < -0.3 is 4.74 Å². The van der Waals surface area contributed by atoms with Crippen molar-refractivity contribution in [2.75, 3.05) is 6.61 Å². The summed E-state index contributed by atoms with van der Waals surface area (Å²) >= 11 is 0. The van der Waals surface area contributed by atoms with E-state index in [9.17, 15) is 0 Å². The van der Waals surface area contributed by atoms with Crippen LogP contribution in [-0.2, 0) is 12.8 Å². The number of hydrogen-bond acceptors (Lipinski definition) is 3. The first-order valence-electron chi connectivity index (χ1n) is 8.36. The molecule has 1 aromatic heterocycles. The molecule has 0 atom stereocenters. The monoisotopic (exact) mass is 318 g/mol. The van der Waals surface area contributed by atoms with Crippen molar-refractivity contribution >= 4 is 0 Å². The van der Waals surface area contributed by atoms with Crippen molar-refractivity contribution in [3.8, 4) is 17.1 Å². The molecule has 0 fully saturated rings. The fourth-order valence-electron chi connectivity index (χ4n) is 2.49. The van der Waals surface area contributed by atoms with Crippen LogP contribution < -0.4 is 4.74 Å². The van der Waals surface area contributed by atoms with Gasteiger partial charge in [-0.25, -0.2) is 0 Å². The van der Waals surface area contributed by atoms with Gasteiger partial charge in [0.05, 0.1) is 12.3 Å². The van der Waals surface area contributed by atoms with E-state index < -0.39 is 0 Å². The number of aryl methyl sites for hydroxylation is 2. The van der Waals surface area contributed by atoms with Crippen LogP contribution >= 0.6 is 0 Å². The largest absolute Gasteiger partial charge is 0.476 e. The SMILES string of the molecule is CCc1ccc(CCOc2ccc(-c3ccc(C)cc3)nn2)cc1. The fourth-order valence-corrected chi connectivity index (χ4v) is 2.49. The predicted molar refractivity (Wildman–Crippen MR) is 97.2 cm³/mol. The summed E-state index contributed by atoms with van der Waals surface area (Å²) in [5, 5.41) is 8.42. The van der Waals surface area contributed by atoms with Crippen LogP contribution in [0, 0.1) is 6.92 Å². The van der Waals surface area contributed by atoms with E-state index in [2.05, 4.69) is 72.6 Å². The molecule has 3 heteroatoms. The molecule has 2 aromatic carbocycles. The number of ether oxygens (including phenoxy) is 1. The van der Waals surface area contributed by atoms with Crippen LogP contribution in [0.25, 0.3) is 11.3 Å². The molecular formula is C21H22N2O. The van der Waals surface area contributed by atoms with Gasteiger partial charge in [-0.3, -0.25) is 0 Å². The van der Waals surface area contributed by atoms with E-state index in [1.807, 2.05) is 12.1 Å². The normalized spacial score (nSPS) is 10.6. The molecule has 0 N–H and O–H groups in total. The number of hydrogen-bond donors (Lipinski definition) is 0. The molecule has 1 heterocycles. The Kier molecular flexibility index (Phi) is 5.22. The van der Waals surface area contributed by atoms with Gasteiger partial charge in [0.15, 0.2) is 0 Å². The summed E-state index contributed by atoms with van der Waals surface area (Å²) < 4.78 is 5.70. The summed E-state index contributed by atoms with van der Waals surface area (Å²) in [5.74, 6) is 0.566. The first kappa shape index (κ1) is 16.2. The van der Waals surface area contributed by atoms with Gasteiger partial charge in [0.1, 0.15) is 0 Å². The minimum atomic E-state index is 0.566. The maximum atomic E-state index is 5.70. The molecule has 122 valence electrons. The highest BCUT2D eigenvalue weighted by molar-refractivity contribution is 5.58. The summed E-state index contributed by atoms with van der Waals surface area (Å²) in [6.45, 7) is 4.84. The zero-order valence-corrected chi connectivity index (χ0v) is 14.2. The zero-order chi connectivity index (χ0) is 16.8. The summed E-state index contributed by atoms with van der Waals surface area (Å²) in [4.78, 5) is 0. The first-order valence-corrected chi connectivity index (χ1v) is 8.36. The van der Waals surface area contributed by atoms with Gasteiger partial charge in [0.2, 0.25) is 5.88 Å². The Hall–Kier alpha value is -2.68. The summed E-state index contributed by atoms with van der Waals surface area (Å²) in [6, 6.07) is 20.8. The number of nitrogens with zero attached hydrogens (tertiary/aromatic N) is 2. The topological polar surface area (TPSA) is 35.0 Å². The third-order valence-corrected chi connectivity index (χ3v) is 4.06. The highest BCUT2D eigenvalue weighted by Crippen LogP contribution is 2.18. The lowest BCUT2D eigenvalue weighted by Crippen LogP contribution is -2.03. The van der Waals surface area contributed by atoms with Crippen molar-refractivity contribution < 1.29 is 4.74 Å². The van der Waals surface area contributed by atoms with E-state index >= 15 is 0 Å². The molecule has 3 aromatic rings. The zero-order valence-electron chi connectivity index (χ0n) is 14.2. The second-order valence-corrected chi connectivity index (χ2v) is 5.89. The van der Waals surface area contributed by atoms with Crippen molar-refractivity contribution in [2.45, 2.75) is 26.7 Å². The Balaban J connectivity index is 1.55. The van der Waals surface area contributed by atoms with E-state index in [4.69, 9.17) is 4.74 Å². The van der Waals surface area contributed by atoms with Crippen LogP contribution in [0.15, 0.2) is 60.7 Å². The predicted octanol–water partition coefficient (Wildman–Crippen LogP) is 4.64. The molecule has 0 aliphatic carbocycles. The summed E-state index contributed by atoms with van der Waals surface area (Å²) in [5.41, 5.74) is 5.79. The Morgan fingerprint density at radius 3 is 2.12 bits per heavy atom. The quantitative estimate of drug-likeness (QED) is 0.664. The van der Waals surface area contributed by atoms with Gasteiger partial charge in [-0.15, -0.1) is 10.2 Å². The Morgan fingerprint density at radius 2 is 1.50 bits per heavy atom. The lowest BCUT2D eigenvalue weighted by molar-refractivity contribution is 0.306. The lowest BCUT2D eigenvalue weighted by Gasteiger charge is -2.06. The minimum absolute atomic E-state index is 0.566. The summed E-state index contributed by atoms with van der Waals surface area (Å²) in [7, 11) is 0. The summed E-state index contributed by atoms with van der Waals surface area (Å²) in [6.07, 6.45) is 1.94. The molecule has 3 nitrogen and oxygen atoms in total. The van der Waals surface area contributed by atoms with Crippen LogP contribution in [0.4, 0.5) is 0 Å². The molecule has 0 radical (unpaired) electrons. The highest BCUT2D eigenvalue weighted by atomic mass is 16.5. The Labute approximate surface area is 143 Å². The molecule has 0 aliphatic heterocycles.